The molecule has 2 atom stereocenters. The van der Waals surface area contributed by atoms with Crippen molar-refractivity contribution >= 4 is 15.7 Å². The van der Waals surface area contributed by atoms with E-state index in [1.807, 2.05) is 6.92 Å². The fourth-order valence-electron chi connectivity index (χ4n) is 0.873. The van der Waals surface area contributed by atoms with Gasteiger partial charge in [-0.3, -0.25) is 9.57 Å². The molecular weight excluding hydrogens is 192 g/mol. The van der Waals surface area contributed by atoms with Crippen molar-refractivity contribution in [1.82, 2.24) is 0 Å². The number of carboxylic acid groups (broad SMARTS) is 1. The maximum absolute atomic E-state index is 11.3. The van der Waals surface area contributed by atoms with E-state index in [0.717, 1.165) is 0 Å². The highest BCUT2D eigenvalue weighted by Crippen LogP contribution is 2.00. The SMILES string of the molecule is CCC[S@](=N)(=O)CCC(N)C(=O)O. The maximum Gasteiger partial charge on any atom is 0.320 e. The van der Waals surface area contributed by atoms with Crippen LogP contribution in [0.25, 0.3) is 0 Å². The fourth-order valence-corrected chi connectivity index (χ4v) is 2.37. The summed E-state index contributed by atoms with van der Waals surface area (Å²) in [6, 6.07) is -0.997. The zero-order valence-electron chi connectivity index (χ0n) is 7.66. The predicted molar refractivity (Wildman–Crippen MR) is 51.1 cm³/mol. The lowest BCUT2D eigenvalue weighted by atomic mass is 10.2. The number of rotatable bonds is 6. The first-order chi connectivity index (χ1) is 5.89. The van der Waals surface area contributed by atoms with Crippen molar-refractivity contribution in [2.24, 2.45) is 5.73 Å². The minimum atomic E-state index is -2.60. The molecule has 6 heteroatoms. The Balaban J connectivity index is 3.95. The molecule has 0 heterocycles. The van der Waals surface area contributed by atoms with Crippen molar-refractivity contribution < 1.29 is 14.1 Å². The van der Waals surface area contributed by atoms with E-state index in [2.05, 4.69) is 0 Å². The van der Waals surface area contributed by atoms with Gasteiger partial charge in [0, 0.05) is 21.2 Å². The van der Waals surface area contributed by atoms with Crippen LogP contribution in [0.4, 0.5) is 0 Å². The summed E-state index contributed by atoms with van der Waals surface area (Å²) in [5.74, 6) is -0.708. The third kappa shape index (κ3) is 5.59. The van der Waals surface area contributed by atoms with Crippen molar-refractivity contribution in [2.75, 3.05) is 11.5 Å². The number of nitrogens with one attached hydrogen (secondary N) is 1. The summed E-state index contributed by atoms with van der Waals surface area (Å²) < 4.78 is 18.7. The Bertz CT molecular complexity index is 261. The molecule has 0 aliphatic carbocycles. The zero-order valence-corrected chi connectivity index (χ0v) is 8.47. The van der Waals surface area contributed by atoms with Crippen LogP contribution in [0.15, 0.2) is 0 Å². The molecule has 0 spiro atoms. The first-order valence-corrected chi connectivity index (χ1v) is 6.01. The van der Waals surface area contributed by atoms with Crippen LogP contribution in [0.5, 0.6) is 0 Å². The molecule has 0 bridgehead atoms. The highest BCUT2D eigenvalue weighted by atomic mass is 32.2. The smallest absolute Gasteiger partial charge is 0.320 e. The van der Waals surface area contributed by atoms with Crippen molar-refractivity contribution in [2.45, 2.75) is 25.8 Å². The van der Waals surface area contributed by atoms with E-state index in [0.29, 0.717) is 12.2 Å². The van der Waals surface area contributed by atoms with E-state index in [1.165, 1.54) is 0 Å². The topological polar surface area (TPSA) is 104 Å². The van der Waals surface area contributed by atoms with Crippen LogP contribution in [-0.4, -0.2) is 32.8 Å². The standard InChI is InChI=1S/C7H16N2O3S/c1-2-4-13(9,12)5-3-6(8)7(10)11/h6,9H,2-5,8H2,1H3,(H,10,11)/t6?,13-/m0/s1. The number of carbonyl (C=O) groups is 1. The minimum Gasteiger partial charge on any atom is -0.480 e. The number of carboxylic acids is 1. The van der Waals surface area contributed by atoms with Crippen molar-refractivity contribution in [3.05, 3.63) is 0 Å². The molecule has 0 radical (unpaired) electrons. The van der Waals surface area contributed by atoms with Crippen molar-refractivity contribution in [1.29, 1.82) is 4.78 Å². The van der Waals surface area contributed by atoms with E-state index in [-0.39, 0.29) is 12.2 Å². The molecule has 0 aliphatic rings. The lowest BCUT2D eigenvalue weighted by Gasteiger charge is -2.08. The van der Waals surface area contributed by atoms with E-state index < -0.39 is 21.7 Å². The Kier molecular flexibility index (Phi) is 4.94. The summed E-state index contributed by atoms with van der Waals surface area (Å²) in [5, 5.41) is 8.43. The largest absolute Gasteiger partial charge is 0.480 e. The molecule has 0 amide bonds. The highest BCUT2D eigenvalue weighted by Gasteiger charge is 2.14. The number of nitrogens with two attached hydrogens (primary N) is 1. The van der Waals surface area contributed by atoms with Gasteiger partial charge in [0.25, 0.3) is 0 Å². The van der Waals surface area contributed by atoms with E-state index in [9.17, 15) is 9.00 Å². The molecule has 0 saturated carbocycles. The third-order valence-corrected chi connectivity index (χ3v) is 3.57. The Morgan fingerprint density at radius 1 is 1.62 bits per heavy atom. The molecular formula is C7H16N2O3S. The van der Waals surface area contributed by atoms with Crippen LogP contribution in [0, 0.1) is 4.78 Å². The molecule has 0 aromatic rings. The van der Waals surface area contributed by atoms with Crippen molar-refractivity contribution in [3.63, 3.8) is 0 Å². The number of hydrogen-bond donors (Lipinski definition) is 3. The molecule has 0 fully saturated rings. The van der Waals surface area contributed by atoms with Gasteiger partial charge in [-0.05, 0) is 12.8 Å². The predicted octanol–water partition coefficient (Wildman–Crippen LogP) is 0.245. The van der Waals surface area contributed by atoms with Gasteiger partial charge < -0.3 is 10.8 Å². The summed E-state index contributed by atoms with van der Waals surface area (Å²) >= 11 is 0. The van der Waals surface area contributed by atoms with Crippen LogP contribution in [0.3, 0.4) is 0 Å². The first-order valence-electron chi connectivity index (χ1n) is 4.11. The van der Waals surface area contributed by atoms with Crippen LogP contribution in [0.2, 0.25) is 0 Å². The average molecular weight is 208 g/mol. The van der Waals surface area contributed by atoms with Gasteiger partial charge in [0.1, 0.15) is 6.04 Å². The lowest BCUT2D eigenvalue weighted by Crippen LogP contribution is -2.32. The summed E-state index contributed by atoms with van der Waals surface area (Å²) in [7, 11) is -2.60. The van der Waals surface area contributed by atoms with E-state index in [4.69, 9.17) is 15.6 Å². The van der Waals surface area contributed by atoms with E-state index >= 15 is 0 Å². The van der Waals surface area contributed by atoms with Gasteiger partial charge in [-0.25, -0.2) is 4.21 Å². The summed E-state index contributed by atoms with van der Waals surface area (Å²) in [4.78, 5) is 10.3. The van der Waals surface area contributed by atoms with Crippen molar-refractivity contribution in [3.8, 4) is 0 Å². The molecule has 5 nitrogen and oxygen atoms in total. The number of hydrogen-bond acceptors (Lipinski definition) is 4. The second kappa shape index (κ2) is 5.18. The molecule has 0 aromatic heterocycles. The molecule has 78 valence electrons. The molecule has 4 N–H and O–H groups in total. The van der Waals surface area contributed by atoms with Crippen LogP contribution >= 0.6 is 0 Å². The first kappa shape index (κ1) is 12.4. The van der Waals surface area contributed by atoms with Gasteiger partial charge in [0.2, 0.25) is 0 Å². The van der Waals surface area contributed by atoms with Crippen LogP contribution in [0.1, 0.15) is 19.8 Å². The summed E-state index contributed by atoms with van der Waals surface area (Å²) in [5.41, 5.74) is 5.21. The Morgan fingerprint density at radius 2 is 2.15 bits per heavy atom. The average Bonchev–Trinajstić information content (AvgIpc) is 2.00. The molecule has 13 heavy (non-hydrogen) atoms. The monoisotopic (exact) mass is 208 g/mol. The van der Waals surface area contributed by atoms with E-state index in [1.54, 1.807) is 0 Å². The van der Waals surface area contributed by atoms with Gasteiger partial charge in [0.05, 0.1) is 0 Å². The maximum atomic E-state index is 11.3. The zero-order chi connectivity index (χ0) is 10.5. The van der Waals surface area contributed by atoms with Gasteiger partial charge in [-0.15, -0.1) is 0 Å². The van der Waals surface area contributed by atoms with Gasteiger partial charge in [-0.1, -0.05) is 6.92 Å². The normalized spacial score (nSPS) is 17.7. The Labute approximate surface area is 78.3 Å². The third-order valence-electron chi connectivity index (χ3n) is 1.61. The highest BCUT2D eigenvalue weighted by molar-refractivity contribution is 7.92. The summed E-state index contributed by atoms with van der Waals surface area (Å²) in [6.07, 6.45) is 0.780. The lowest BCUT2D eigenvalue weighted by molar-refractivity contribution is -0.138. The van der Waals surface area contributed by atoms with Gasteiger partial charge >= 0.3 is 5.97 Å². The Hall–Kier alpha value is -0.620. The molecule has 0 rings (SSSR count). The Morgan fingerprint density at radius 3 is 2.54 bits per heavy atom. The fraction of sp³-hybridized carbons (Fsp3) is 0.857. The second-order valence-electron chi connectivity index (χ2n) is 2.95. The van der Waals surface area contributed by atoms with Crippen LogP contribution in [-0.2, 0) is 14.5 Å². The molecule has 0 saturated heterocycles. The quantitative estimate of drug-likeness (QED) is 0.581. The molecule has 1 unspecified atom stereocenters. The second-order valence-corrected chi connectivity index (χ2v) is 5.39. The molecule has 0 aromatic carbocycles. The summed E-state index contributed by atoms with van der Waals surface area (Å²) in [6.45, 7) is 1.84. The minimum absolute atomic E-state index is 0.0777. The van der Waals surface area contributed by atoms with Gasteiger partial charge in [0.15, 0.2) is 0 Å². The van der Waals surface area contributed by atoms with Gasteiger partial charge in [-0.2, -0.15) is 0 Å². The molecule has 0 aliphatic heterocycles. The number of aliphatic carboxylic acids is 1. The van der Waals surface area contributed by atoms with Crippen LogP contribution < -0.4 is 5.73 Å².